The highest BCUT2D eigenvalue weighted by molar-refractivity contribution is 14.1. The van der Waals surface area contributed by atoms with E-state index in [1.165, 1.54) is 23.0 Å². The topological polar surface area (TPSA) is 29.5 Å². The molecule has 1 aliphatic heterocycles. The highest BCUT2D eigenvalue weighted by Crippen LogP contribution is 2.35. The SMILES string of the molecule is CCC(=O)N1CCC(C(OI)C(F)(F)F)CC1. The van der Waals surface area contributed by atoms with Gasteiger partial charge in [-0.3, -0.25) is 4.79 Å². The molecule has 100 valence electrons. The van der Waals surface area contributed by atoms with E-state index in [4.69, 9.17) is 0 Å². The molecule has 0 radical (unpaired) electrons. The second-order valence-corrected chi connectivity index (χ2v) is 4.63. The van der Waals surface area contributed by atoms with Gasteiger partial charge in [-0.2, -0.15) is 13.2 Å². The Kier molecular flexibility index (Phi) is 5.49. The van der Waals surface area contributed by atoms with Crippen LogP contribution in [-0.2, 0) is 7.86 Å². The third kappa shape index (κ3) is 3.97. The Bertz CT molecular complexity index is 265. The predicted molar refractivity (Wildman–Crippen MR) is 64.5 cm³/mol. The fraction of sp³-hybridized carbons (Fsp3) is 0.900. The lowest BCUT2D eigenvalue weighted by Gasteiger charge is -2.35. The van der Waals surface area contributed by atoms with Gasteiger partial charge in [-0.05, 0) is 18.8 Å². The first-order valence-corrected chi connectivity index (χ1v) is 6.40. The lowest BCUT2D eigenvalue weighted by molar-refractivity contribution is -0.204. The summed E-state index contributed by atoms with van der Waals surface area (Å²) in [5.74, 6) is -0.546. The van der Waals surface area contributed by atoms with Crippen molar-refractivity contribution in [1.29, 1.82) is 0 Å². The average Bonchev–Trinajstić information content (AvgIpc) is 2.28. The molecule has 1 fully saturated rings. The van der Waals surface area contributed by atoms with E-state index in [9.17, 15) is 18.0 Å². The van der Waals surface area contributed by atoms with Crippen molar-refractivity contribution in [3.8, 4) is 0 Å². The number of hydrogen-bond donors (Lipinski definition) is 0. The number of halogens is 4. The summed E-state index contributed by atoms with van der Waals surface area (Å²) in [6.45, 7) is 2.54. The van der Waals surface area contributed by atoms with Crippen molar-refractivity contribution < 1.29 is 21.0 Å². The lowest BCUT2D eigenvalue weighted by Crippen LogP contribution is -2.45. The van der Waals surface area contributed by atoms with Crippen molar-refractivity contribution in [3.63, 3.8) is 0 Å². The molecule has 0 aliphatic carbocycles. The van der Waals surface area contributed by atoms with Crippen LogP contribution in [0.15, 0.2) is 0 Å². The molecule has 0 aromatic carbocycles. The molecule has 1 heterocycles. The molecule has 1 saturated heterocycles. The van der Waals surface area contributed by atoms with Crippen LogP contribution in [0.5, 0.6) is 0 Å². The predicted octanol–water partition coefficient (Wildman–Crippen LogP) is 2.93. The fourth-order valence-corrected chi connectivity index (χ4v) is 2.77. The molecule has 0 aromatic rings. The third-order valence-corrected chi connectivity index (χ3v) is 3.59. The Morgan fingerprint density at radius 3 is 2.35 bits per heavy atom. The van der Waals surface area contributed by atoms with Crippen molar-refractivity contribution in [3.05, 3.63) is 0 Å². The number of piperidine rings is 1. The minimum Gasteiger partial charge on any atom is -0.343 e. The molecule has 1 unspecified atom stereocenters. The van der Waals surface area contributed by atoms with Crippen LogP contribution >= 0.6 is 23.0 Å². The van der Waals surface area contributed by atoms with Crippen LogP contribution in [0.25, 0.3) is 0 Å². The van der Waals surface area contributed by atoms with Gasteiger partial charge in [0.1, 0.15) is 23.0 Å². The Balaban J connectivity index is 2.53. The number of likely N-dealkylation sites (tertiary alicyclic amines) is 1. The maximum Gasteiger partial charge on any atom is 0.415 e. The summed E-state index contributed by atoms with van der Waals surface area (Å²) in [4.78, 5) is 13.0. The van der Waals surface area contributed by atoms with E-state index in [0.717, 1.165) is 0 Å². The molecule has 0 saturated carbocycles. The van der Waals surface area contributed by atoms with Gasteiger partial charge in [0.05, 0.1) is 0 Å². The highest BCUT2D eigenvalue weighted by atomic mass is 127. The molecule has 7 heteroatoms. The number of carbonyl (C=O) groups is 1. The summed E-state index contributed by atoms with van der Waals surface area (Å²) in [7, 11) is 0. The van der Waals surface area contributed by atoms with Gasteiger partial charge in [0.25, 0.3) is 0 Å². The van der Waals surface area contributed by atoms with Crippen molar-refractivity contribution in [1.82, 2.24) is 4.90 Å². The van der Waals surface area contributed by atoms with Gasteiger partial charge < -0.3 is 7.97 Å². The minimum absolute atomic E-state index is 0.00222. The zero-order valence-electron chi connectivity index (χ0n) is 9.47. The smallest absolute Gasteiger partial charge is 0.343 e. The van der Waals surface area contributed by atoms with E-state index in [1.54, 1.807) is 11.8 Å². The molecule has 17 heavy (non-hydrogen) atoms. The van der Waals surface area contributed by atoms with Crippen LogP contribution in [0.4, 0.5) is 13.2 Å². The normalized spacial score (nSPS) is 20.4. The van der Waals surface area contributed by atoms with E-state index < -0.39 is 18.2 Å². The van der Waals surface area contributed by atoms with Crippen molar-refractivity contribution in [2.24, 2.45) is 5.92 Å². The largest absolute Gasteiger partial charge is 0.415 e. The quantitative estimate of drug-likeness (QED) is 0.720. The number of amides is 1. The van der Waals surface area contributed by atoms with Gasteiger partial charge in [0, 0.05) is 19.5 Å². The summed E-state index contributed by atoms with van der Waals surface area (Å²) in [5.41, 5.74) is 0. The lowest BCUT2D eigenvalue weighted by atomic mass is 9.91. The van der Waals surface area contributed by atoms with E-state index >= 15 is 0 Å². The Hall–Kier alpha value is -0.0500. The Morgan fingerprint density at radius 1 is 1.47 bits per heavy atom. The highest BCUT2D eigenvalue weighted by Gasteiger charge is 2.46. The molecule has 0 spiro atoms. The van der Waals surface area contributed by atoms with Gasteiger partial charge in [0.2, 0.25) is 5.91 Å². The van der Waals surface area contributed by atoms with Crippen LogP contribution in [0.1, 0.15) is 26.2 Å². The van der Waals surface area contributed by atoms with E-state index in [2.05, 4.69) is 3.07 Å². The molecule has 1 amide bonds. The molecule has 1 rings (SSSR count). The maximum absolute atomic E-state index is 12.6. The van der Waals surface area contributed by atoms with Crippen LogP contribution < -0.4 is 0 Å². The fourth-order valence-electron chi connectivity index (χ4n) is 2.07. The van der Waals surface area contributed by atoms with Gasteiger partial charge in [-0.1, -0.05) is 6.92 Å². The first-order valence-electron chi connectivity index (χ1n) is 5.52. The zero-order chi connectivity index (χ0) is 13.1. The van der Waals surface area contributed by atoms with Crippen molar-refractivity contribution in [2.75, 3.05) is 13.1 Å². The molecule has 0 bridgehead atoms. The minimum atomic E-state index is -4.33. The molecular formula is C10H15F3INO2. The number of alkyl halides is 3. The van der Waals surface area contributed by atoms with Crippen molar-refractivity contribution >= 4 is 28.9 Å². The molecular weight excluding hydrogens is 350 g/mol. The first-order chi connectivity index (χ1) is 7.90. The zero-order valence-corrected chi connectivity index (χ0v) is 11.6. The van der Waals surface area contributed by atoms with Gasteiger partial charge in [-0.25, -0.2) is 0 Å². The Morgan fingerprint density at radius 2 is 2.00 bits per heavy atom. The monoisotopic (exact) mass is 365 g/mol. The summed E-state index contributed by atoms with van der Waals surface area (Å²) < 4.78 is 42.4. The first kappa shape index (κ1) is 15.0. The van der Waals surface area contributed by atoms with Gasteiger partial charge >= 0.3 is 6.18 Å². The van der Waals surface area contributed by atoms with Crippen LogP contribution in [0, 0.1) is 5.92 Å². The van der Waals surface area contributed by atoms with E-state index in [1.807, 2.05) is 0 Å². The van der Waals surface area contributed by atoms with Crippen LogP contribution in [-0.4, -0.2) is 36.2 Å². The van der Waals surface area contributed by atoms with Gasteiger partial charge in [0.15, 0.2) is 6.10 Å². The standard InChI is InChI=1S/C10H15F3INO2/c1-2-8(16)15-5-3-7(4-6-15)9(17-14)10(11,12)13/h7,9H,2-6H2,1H3. The summed E-state index contributed by atoms with van der Waals surface area (Å²) in [6.07, 6.45) is -4.96. The second-order valence-electron chi connectivity index (χ2n) is 4.12. The van der Waals surface area contributed by atoms with E-state index in [0.29, 0.717) is 32.4 Å². The summed E-state index contributed by atoms with van der Waals surface area (Å²) in [5, 5.41) is 0. The van der Waals surface area contributed by atoms with Crippen LogP contribution in [0.2, 0.25) is 0 Å². The molecule has 1 atom stereocenters. The van der Waals surface area contributed by atoms with Crippen LogP contribution in [0.3, 0.4) is 0 Å². The molecule has 0 aromatic heterocycles. The summed E-state index contributed by atoms with van der Waals surface area (Å²) >= 11 is 1.30. The third-order valence-electron chi connectivity index (χ3n) is 3.04. The number of nitrogens with zero attached hydrogens (tertiary/aromatic N) is 1. The van der Waals surface area contributed by atoms with Gasteiger partial charge in [-0.15, -0.1) is 0 Å². The number of carbonyl (C=O) groups excluding carboxylic acids is 1. The van der Waals surface area contributed by atoms with Crippen molar-refractivity contribution in [2.45, 2.75) is 38.5 Å². The average molecular weight is 365 g/mol. The second kappa shape index (κ2) is 6.21. The maximum atomic E-state index is 12.6. The molecule has 1 aliphatic rings. The molecule has 0 N–H and O–H groups in total. The Labute approximate surface area is 112 Å². The summed E-state index contributed by atoms with van der Waals surface area (Å²) in [6, 6.07) is 0. The van der Waals surface area contributed by atoms with E-state index in [-0.39, 0.29) is 5.91 Å². The molecule has 3 nitrogen and oxygen atoms in total. The number of hydrogen-bond acceptors (Lipinski definition) is 2. The number of rotatable bonds is 3.